The zero-order valence-corrected chi connectivity index (χ0v) is 15.1. The third-order valence-electron chi connectivity index (χ3n) is 4.34. The Balaban J connectivity index is 1.64. The second-order valence-corrected chi connectivity index (χ2v) is 7.52. The molecule has 0 N–H and O–H groups in total. The van der Waals surface area contributed by atoms with Gasteiger partial charge in [0.1, 0.15) is 5.82 Å². The predicted octanol–water partition coefficient (Wildman–Crippen LogP) is 4.34. The quantitative estimate of drug-likeness (QED) is 0.786. The van der Waals surface area contributed by atoms with E-state index < -0.39 is 0 Å². The van der Waals surface area contributed by atoms with E-state index in [0.717, 1.165) is 19.4 Å². The zero-order valence-electron chi connectivity index (χ0n) is 13.5. The standard InChI is InChI=1S/C18H20ClFN2OS/c1-21(11-13-14(19)5-2-6-15(13)20)12-18(23)22-9-3-7-16(22)17-8-4-10-24-17/h2,4-6,8,10,16H,3,7,9,11-12H2,1H3/t16-/m0/s1. The van der Waals surface area contributed by atoms with Crippen molar-refractivity contribution < 1.29 is 9.18 Å². The van der Waals surface area contributed by atoms with E-state index in [1.54, 1.807) is 23.5 Å². The smallest absolute Gasteiger partial charge is 0.237 e. The lowest BCUT2D eigenvalue weighted by Gasteiger charge is -2.26. The van der Waals surface area contributed by atoms with E-state index in [1.165, 1.54) is 10.9 Å². The SMILES string of the molecule is CN(CC(=O)N1CCC[C@H]1c1cccs1)Cc1c(F)cccc1Cl. The molecule has 128 valence electrons. The van der Waals surface area contributed by atoms with Gasteiger partial charge in [0.25, 0.3) is 0 Å². The Bertz CT molecular complexity index is 687. The molecule has 1 aromatic carbocycles. The molecular formula is C18H20ClFN2OS. The van der Waals surface area contributed by atoms with E-state index in [0.29, 0.717) is 17.1 Å². The maximum absolute atomic E-state index is 13.9. The molecule has 0 unspecified atom stereocenters. The number of hydrogen-bond acceptors (Lipinski definition) is 3. The second-order valence-electron chi connectivity index (χ2n) is 6.13. The molecule has 1 atom stereocenters. The van der Waals surface area contributed by atoms with Gasteiger partial charge in [0.2, 0.25) is 5.91 Å². The molecular weight excluding hydrogens is 347 g/mol. The topological polar surface area (TPSA) is 23.6 Å². The Morgan fingerprint density at radius 1 is 1.42 bits per heavy atom. The lowest BCUT2D eigenvalue weighted by atomic mass is 10.2. The lowest BCUT2D eigenvalue weighted by Crippen LogP contribution is -2.38. The molecule has 0 bridgehead atoms. The summed E-state index contributed by atoms with van der Waals surface area (Å²) in [6.45, 7) is 1.36. The van der Waals surface area contributed by atoms with Crippen LogP contribution in [0.2, 0.25) is 5.02 Å². The van der Waals surface area contributed by atoms with Crippen LogP contribution in [0.5, 0.6) is 0 Å². The second kappa shape index (κ2) is 7.64. The normalized spacial score (nSPS) is 17.7. The van der Waals surface area contributed by atoms with Gasteiger partial charge in [-0.2, -0.15) is 0 Å². The van der Waals surface area contributed by atoms with Gasteiger partial charge in [-0.3, -0.25) is 9.69 Å². The van der Waals surface area contributed by atoms with Gasteiger partial charge < -0.3 is 4.90 Å². The monoisotopic (exact) mass is 366 g/mol. The summed E-state index contributed by atoms with van der Waals surface area (Å²) in [6, 6.07) is 8.94. The fourth-order valence-corrected chi connectivity index (χ4v) is 4.27. The Morgan fingerprint density at radius 2 is 2.25 bits per heavy atom. The maximum Gasteiger partial charge on any atom is 0.237 e. The summed E-state index contributed by atoms with van der Waals surface area (Å²) in [5, 5.41) is 2.44. The van der Waals surface area contributed by atoms with E-state index in [4.69, 9.17) is 11.6 Å². The Hall–Kier alpha value is -1.43. The van der Waals surface area contributed by atoms with Crippen LogP contribution >= 0.6 is 22.9 Å². The summed E-state index contributed by atoms with van der Waals surface area (Å²) in [7, 11) is 1.82. The Labute approximate surface area is 150 Å². The van der Waals surface area contributed by atoms with Crippen molar-refractivity contribution in [2.75, 3.05) is 20.1 Å². The molecule has 2 heterocycles. The van der Waals surface area contributed by atoms with E-state index >= 15 is 0 Å². The minimum Gasteiger partial charge on any atom is -0.334 e. The van der Waals surface area contributed by atoms with Crippen molar-refractivity contribution in [3.8, 4) is 0 Å². The van der Waals surface area contributed by atoms with Gasteiger partial charge in [-0.05, 0) is 43.5 Å². The van der Waals surface area contributed by atoms with Crippen molar-refractivity contribution in [3.63, 3.8) is 0 Å². The van der Waals surface area contributed by atoms with Crippen molar-refractivity contribution in [3.05, 3.63) is 57.0 Å². The highest BCUT2D eigenvalue weighted by atomic mass is 35.5. The number of nitrogens with zero attached hydrogens (tertiary/aromatic N) is 2. The van der Waals surface area contributed by atoms with Crippen LogP contribution in [0.25, 0.3) is 0 Å². The van der Waals surface area contributed by atoms with Crippen molar-refractivity contribution in [2.24, 2.45) is 0 Å². The van der Waals surface area contributed by atoms with Gasteiger partial charge in [-0.15, -0.1) is 11.3 Å². The number of carbonyl (C=O) groups is 1. The summed E-state index contributed by atoms with van der Waals surface area (Å²) in [6.07, 6.45) is 2.03. The predicted molar refractivity (Wildman–Crippen MR) is 95.8 cm³/mol. The number of benzene rings is 1. The first kappa shape index (κ1) is 17.4. The molecule has 1 amide bonds. The molecule has 1 aliphatic heterocycles. The Kier molecular flexibility index (Phi) is 5.54. The number of thiophene rings is 1. The molecule has 3 nitrogen and oxygen atoms in total. The van der Waals surface area contributed by atoms with Crippen LogP contribution in [0.1, 0.15) is 29.3 Å². The molecule has 1 fully saturated rings. The van der Waals surface area contributed by atoms with Crippen LogP contribution in [-0.2, 0) is 11.3 Å². The number of carbonyl (C=O) groups excluding carboxylic acids is 1. The number of hydrogen-bond donors (Lipinski definition) is 0. The van der Waals surface area contributed by atoms with Gasteiger partial charge >= 0.3 is 0 Å². The first-order valence-electron chi connectivity index (χ1n) is 8.00. The number of likely N-dealkylation sites (tertiary alicyclic amines) is 1. The average molecular weight is 367 g/mol. The first-order valence-corrected chi connectivity index (χ1v) is 9.26. The van der Waals surface area contributed by atoms with Crippen LogP contribution < -0.4 is 0 Å². The molecule has 3 rings (SSSR count). The van der Waals surface area contributed by atoms with Crippen LogP contribution in [-0.4, -0.2) is 35.8 Å². The molecule has 0 spiro atoms. The highest BCUT2D eigenvalue weighted by Crippen LogP contribution is 2.34. The molecule has 0 saturated carbocycles. The summed E-state index contributed by atoms with van der Waals surface area (Å²) in [4.78, 5) is 17.7. The van der Waals surface area contributed by atoms with Gasteiger partial charge in [0.05, 0.1) is 12.6 Å². The fraction of sp³-hybridized carbons (Fsp3) is 0.389. The van der Waals surface area contributed by atoms with Crippen LogP contribution in [0.4, 0.5) is 4.39 Å². The highest BCUT2D eigenvalue weighted by molar-refractivity contribution is 7.10. The van der Waals surface area contributed by atoms with Gasteiger partial charge in [0, 0.05) is 28.6 Å². The molecule has 2 aromatic rings. The van der Waals surface area contributed by atoms with Gasteiger partial charge in [-0.1, -0.05) is 23.7 Å². The summed E-state index contributed by atoms with van der Waals surface area (Å²) < 4.78 is 13.9. The molecule has 0 aliphatic carbocycles. The van der Waals surface area contributed by atoms with Crippen molar-refractivity contribution >= 4 is 28.8 Å². The minimum absolute atomic E-state index is 0.0841. The van der Waals surface area contributed by atoms with Crippen LogP contribution in [0, 0.1) is 5.82 Å². The molecule has 1 saturated heterocycles. The fourth-order valence-electron chi connectivity index (χ4n) is 3.17. The number of rotatable bonds is 5. The molecule has 6 heteroatoms. The molecule has 1 aliphatic rings. The largest absolute Gasteiger partial charge is 0.334 e. The molecule has 1 aromatic heterocycles. The third-order valence-corrected chi connectivity index (χ3v) is 5.67. The molecule has 24 heavy (non-hydrogen) atoms. The van der Waals surface area contributed by atoms with E-state index in [1.807, 2.05) is 28.3 Å². The van der Waals surface area contributed by atoms with Crippen molar-refractivity contribution in [2.45, 2.75) is 25.4 Å². The van der Waals surface area contributed by atoms with E-state index in [-0.39, 0.29) is 24.3 Å². The number of likely N-dealkylation sites (N-methyl/N-ethyl adjacent to an activating group) is 1. The van der Waals surface area contributed by atoms with Gasteiger partial charge in [0.15, 0.2) is 0 Å². The first-order chi connectivity index (χ1) is 11.6. The highest BCUT2D eigenvalue weighted by Gasteiger charge is 2.30. The average Bonchev–Trinajstić information content (AvgIpc) is 3.21. The molecule has 0 radical (unpaired) electrons. The third kappa shape index (κ3) is 3.79. The number of amides is 1. The van der Waals surface area contributed by atoms with E-state index in [9.17, 15) is 9.18 Å². The van der Waals surface area contributed by atoms with Crippen LogP contribution in [0.15, 0.2) is 35.7 Å². The maximum atomic E-state index is 13.9. The summed E-state index contributed by atoms with van der Waals surface area (Å²) in [5.74, 6) is -0.250. The van der Waals surface area contributed by atoms with Crippen molar-refractivity contribution in [1.29, 1.82) is 0 Å². The summed E-state index contributed by atoms with van der Waals surface area (Å²) >= 11 is 7.76. The Morgan fingerprint density at radius 3 is 2.96 bits per heavy atom. The van der Waals surface area contributed by atoms with Crippen molar-refractivity contribution in [1.82, 2.24) is 9.80 Å². The lowest BCUT2D eigenvalue weighted by molar-refractivity contribution is -0.133. The minimum atomic E-state index is -0.334. The number of halogens is 2. The summed E-state index contributed by atoms with van der Waals surface area (Å²) in [5.41, 5.74) is 0.436. The zero-order chi connectivity index (χ0) is 17.1. The van der Waals surface area contributed by atoms with Gasteiger partial charge in [-0.25, -0.2) is 4.39 Å². The van der Waals surface area contributed by atoms with E-state index in [2.05, 4.69) is 6.07 Å². The van der Waals surface area contributed by atoms with Crippen LogP contribution in [0.3, 0.4) is 0 Å².